The Morgan fingerprint density at radius 1 is 1.10 bits per heavy atom. The van der Waals surface area contributed by atoms with Crippen LogP contribution in [0.15, 0.2) is 41.3 Å². The Labute approximate surface area is 118 Å². The lowest BCUT2D eigenvalue weighted by Crippen LogP contribution is -2.14. The van der Waals surface area contributed by atoms with E-state index in [1.54, 1.807) is 0 Å². The summed E-state index contributed by atoms with van der Waals surface area (Å²) in [5.74, 6) is -2.42. The molecule has 0 aromatic heterocycles. The second-order valence-electron chi connectivity index (χ2n) is 3.85. The molecule has 0 amide bonds. The monoisotopic (exact) mass is 319 g/mol. The third-order valence-electron chi connectivity index (χ3n) is 2.38. The summed E-state index contributed by atoms with van der Waals surface area (Å²) in [5.41, 5.74) is -0.00405. The van der Waals surface area contributed by atoms with E-state index in [-0.39, 0.29) is 16.5 Å². The number of halogens is 3. The van der Waals surface area contributed by atoms with Gasteiger partial charge in [0.2, 0.25) is 0 Å². The molecule has 106 valence electrons. The normalized spacial score (nSPS) is 11.3. The van der Waals surface area contributed by atoms with Gasteiger partial charge in [-0.25, -0.2) is 17.2 Å². The predicted molar refractivity (Wildman–Crippen MR) is 70.3 cm³/mol. The molecule has 0 aliphatic rings. The van der Waals surface area contributed by atoms with E-state index >= 15 is 0 Å². The molecule has 0 radical (unpaired) electrons. The number of nitrogens with one attached hydrogen (secondary N) is 1. The molecule has 0 atom stereocenters. The number of benzene rings is 2. The average Bonchev–Trinajstić information content (AvgIpc) is 2.33. The van der Waals surface area contributed by atoms with Gasteiger partial charge in [-0.1, -0.05) is 11.6 Å². The van der Waals surface area contributed by atoms with Crippen LogP contribution in [-0.4, -0.2) is 13.5 Å². The maximum atomic E-state index is 13.5. The third kappa shape index (κ3) is 3.00. The minimum Gasteiger partial charge on any atom is -0.506 e. The van der Waals surface area contributed by atoms with Crippen LogP contribution in [0.2, 0.25) is 5.02 Å². The van der Waals surface area contributed by atoms with E-state index in [0.717, 1.165) is 18.2 Å². The van der Waals surface area contributed by atoms with Gasteiger partial charge in [-0.3, -0.25) is 4.72 Å². The molecule has 0 aliphatic carbocycles. The maximum absolute atomic E-state index is 13.5. The molecule has 2 aromatic rings. The van der Waals surface area contributed by atoms with Crippen LogP contribution in [0.4, 0.5) is 14.5 Å². The van der Waals surface area contributed by atoms with Crippen molar-refractivity contribution in [2.45, 2.75) is 4.90 Å². The first kappa shape index (κ1) is 14.5. The first-order valence-electron chi connectivity index (χ1n) is 5.26. The van der Waals surface area contributed by atoms with Gasteiger partial charge in [0.15, 0.2) is 0 Å². The molecule has 0 heterocycles. The van der Waals surface area contributed by atoms with Crippen molar-refractivity contribution in [3.05, 3.63) is 53.1 Å². The lowest BCUT2D eigenvalue weighted by molar-refractivity contribution is 0.476. The Morgan fingerprint density at radius 3 is 2.40 bits per heavy atom. The van der Waals surface area contributed by atoms with Gasteiger partial charge in [-0.2, -0.15) is 0 Å². The second kappa shape index (κ2) is 5.26. The van der Waals surface area contributed by atoms with Crippen LogP contribution in [0.1, 0.15) is 0 Å². The number of sulfonamides is 1. The van der Waals surface area contributed by atoms with Crippen molar-refractivity contribution in [1.29, 1.82) is 0 Å². The molecule has 20 heavy (non-hydrogen) atoms. The highest BCUT2D eigenvalue weighted by Gasteiger charge is 2.20. The highest BCUT2D eigenvalue weighted by Crippen LogP contribution is 2.28. The van der Waals surface area contributed by atoms with Crippen LogP contribution in [0, 0.1) is 11.6 Å². The van der Waals surface area contributed by atoms with Crippen LogP contribution < -0.4 is 4.72 Å². The molecule has 8 heteroatoms. The van der Waals surface area contributed by atoms with Gasteiger partial charge in [0.1, 0.15) is 22.3 Å². The summed E-state index contributed by atoms with van der Waals surface area (Å²) < 4.78 is 52.2. The summed E-state index contributed by atoms with van der Waals surface area (Å²) in [4.78, 5) is -0.701. The fourth-order valence-corrected chi connectivity index (χ4v) is 2.71. The molecule has 0 unspecified atom stereocenters. The molecule has 0 fully saturated rings. The molecule has 2 aromatic carbocycles. The van der Waals surface area contributed by atoms with Crippen LogP contribution >= 0.6 is 11.6 Å². The number of hydrogen-bond donors (Lipinski definition) is 2. The van der Waals surface area contributed by atoms with E-state index in [2.05, 4.69) is 4.72 Å². The molecule has 0 aliphatic heterocycles. The fraction of sp³-hybridized carbons (Fsp3) is 0. The van der Waals surface area contributed by atoms with Gasteiger partial charge in [-0.15, -0.1) is 0 Å². The first-order chi connectivity index (χ1) is 9.29. The predicted octanol–water partition coefficient (Wildman–Crippen LogP) is 3.12. The largest absolute Gasteiger partial charge is 0.506 e. The zero-order chi connectivity index (χ0) is 14.9. The van der Waals surface area contributed by atoms with Crippen LogP contribution in [-0.2, 0) is 10.0 Å². The van der Waals surface area contributed by atoms with Crippen molar-refractivity contribution < 1.29 is 22.3 Å². The Kier molecular flexibility index (Phi) is 3.82. The number of rotatable bonds is 3. The molecule has 0 bridgehead atoms. The third-order valence-corrected chi connectivity index (χ3v) is 4.12. The smallest absolute Gasteiger partial charge is 0.264 e. The van der Waals surface area contributed by atoms with Crippen LogP contribution in [0.3, 0.4) is 0 Å². The van der Waals surface area contributed by atoms with Gasteiger partial charge >= 0.3 is 0 Å². The maximum Gasteiger partial charge on any atom is 0.264 e. The minimum absolute atomic E-state index is 0.00405. The highest BCUT2D eigenvalue weighted by molar-refractivity contribution is 7.92. The van der Waals surface area contributed by atoms with Crippen molar-refractivity contribution >= 4 is 27.3 Å². The van der Waals surface area contributed by atoms with E-state index in [4.69, 9.17) is 11.6 Å². The van der Waals surface area contributed by atoms with E-state index < -0.39 is 26.6 Å². The molecule has 0 saturated carbocycles. The first-order valence-corrected chi connectivity index (χ1v) is 7.12. The van der Waals surface area contributed by atoms with E-state index in [9.17, 15) is 22.3 Å². The van der Waals surface area contributed by atoms with Gasteiger partial charge in [-0.05, 0) is 24.3 Å². The lowest BCUT2D eigenvalue weighted by Gasteiger charge is -2.09. The van der Waals surface area contributed by atoms with Gasteiger partial charge in [0, 0.05) is 12.1 Å². The van der Waals surface area contributed by atoms with E-state index in [0.29, 0.717) is 6.07 Å². The lowest BCUT2D eigenvalue weighted by atomic mass is 10.3. The van der Waals surface area contributed by atoms with E-state index in [1.165, 1.54) is 12.1 Å². The van der Waals surface area contributed by atoms with E-state index in [1.807, 2.05) is 0 Å². The Bertz CT molecular complexity index is 765. The Balaban J connectivity index is 2.38. The number of phenols is 1. The summed E-state index contributed by atoms with van der Waals surface area (Å²) in [6, 6.07) is 5.74. The van der Waals surface area contributed by atoms with Crippen molar-refractivity contribution in [3.8, 4) is 5.75 Å². The summed E-state index contributed by atoms with van der Waals surface area (Å²) in [6.07, 6.45) is 0. The van der Waals surface area contributed by atoms with Crippen LogP contribution in [0.25, 0.3) is 0 Å². The van der Waals surface area contributed by atoms with Crippen molar-refractivity contribution in [3.63, 3.8) is 0 Å². The van der Waals surface area contributed by atoms with Crippen molar-refractivity contribution in [2.75, 3.05) is 4.72 Å². The van der Waals surface area contributed by atoms with Gasteiger partial charge in [0.25, 0.3) is 10.0 Å². The molecule has 0 spiro atoms. The summed E-state index contributed by atoms with van der Waals surface area (Å²) >= 11 is 5.58. The van der Waals surface area contributed by atoms with Crippen LogP contribution in [0.5, 0.6) is 5.75 Å². The standard InChI is InChI=1S/C12H8ClF2NO3S/c13-9-3-2-8(6-11(9)17)16-20(18,19)12-4-1-7(14)5-10(12)15/h1-6,16-17H. The zero-order valence-corrected chi connectivity index (χ0v) is 11.3. The Hall–Kier alpha value is -1.86. The number of phenolic OH excluding ortho intramolecular Hbond substituents is 1. The molecular formula is C12H8ClF2NO3S. The molecule has 0 saturated heterocycles. The summed E-state index contributed by atoms with van der Waals surface area (Å²) in [7, 11) is -4.24. The number of anilines is 1. The second-order valence-corrected chi connectivity index (χ2v) is 5.90. The molecule has 2 rings (SSSR count). The number of hydrogen-bond acceptors (Lipinski definition) is 3. The van der Waals surface area contributed by atoms with Crippen molar-refractivity contribution in [2.24, 2.45) is 0 Å². The Morgan fingerprint density at radius 2 is 1.80 bits per heavy atom. The molecule has 2 N–H and O–H groups in total. The van der Waals surface area contributed by atoms with Gasteiger partial charge < -0.3 is 5.11 Å². The SMILES string of the molecule is O=S(=O)(Nc1ccc(Cl)c(O)c1)c1ccc(F)cc1F. The molecule has 4 nitrogen and oxygen atoms in total. The van der Waals surface area contributed by atoms with Gasteiger partial charge in [0.05, 0.1) is 10.7 Å². The quantitative estimate of drug-likeness (QED) is 0.913. The fourth-order valence-electron chi connectivity index (χ4n) is 1.48. The minimum atomic E-state index is -4.24. The average molecular weight is 320 g/mol. The number of aromatic hydroxyl groups is 1. The zero-order valence-electron chi connectivity index (χ0n) is 9.77. The summed E-state index contributed by atoms with van der Waals surface area (Å²) in [5, 5.41) is 9.41. The van der Waals surface area contributed by atoms with Crippen molar-refractivity contribution in [1.82, 2.24) is 0 Å². The highest BCUT2D eigenvalue weighted by atomic mass is 35.5. The molecular weight excluding hydrogens is 312 g/mol. The topological polar surface area (TPSA) is 66.4 Å². The summed E-state index contributed by atoms with van der Waals surface area (Å²) in [6.45, 7) is 0.